The first-order chi connectivity index (χ1) is 15.0. The number of carbonyl (C=O) groups excluding carboxylic acids is 2. The van der Waals surface area contributed by atoms with Gasteiger partial charge in [0.15, 0.2) is 11.5 Å². The van der Waals surface area contributed by atoms with Gasteiger partial charge >= 0.3 is 11.9 Å². The highest BCUT2D eigenvalue weighted by Gasteiger charge is 2.46. The molecule has 0 N–H and O–H groups in total. The molecule has 0 unspecified atom stereocenters. The van der Waals surface area contributed by atoms with Gasteiger partial charge in [0.05, 0.1) is 7.11 Å². The Bertz CT molecular complexity index is 1000. The molecule has 7 heteroatoms. The van der Waals surface area contributed by atoms with E-state index in [0.717, 1.165) is 24.8 Å². The average Bonchev–Trinajstić information content (AvgIpc) is 2.76. The molecular formula is C24H23ClO6. The monoisotopic (exact) mass is 442 g/mol. The molecule has 2 fully saturated rings. The van der Waals surface area contributed by atoms with Crippen LogP contribution in [0.15, 0.2) is 48.0 Å². The average molecular weight is 443 g/mol. The van der Waals surface area contributed by atoms with E-state index < -0.39 is 17.7 Å². The van der Waals surface area contributed by atoms with Crippen molar-refractivity contribution in [3.63, 3.8) is 0 Å². The lowest BCUT2D eigenvalue weighted by Crippen LogP contribution is -2.47. The maximum Gasteiger partial charge on any atom is 0.348 e. The van der Waals surface area contributed by atoms with Gasteiger partial charge in [0, 0.05) is 23.4 Å². The van der Waals surface area contributed by atoms with E-state index in [2.05, 4.69) is 0 Å². The van der Waals surface area contributed by atoms with Crippen molar-refractivity contribution in [2.24, 2.45) is 0 Å². The third-order valence-corrected chi connectivity index (χ3v) is 5.82. The second kappa shape index (κ2) is 9.02. The molecule has 0 amide bonds. The first-order valence-electron chi connectivity index (χ1n) is 10.2. The van der Waals surface area contributed by atoms with E-state index in [9.17, 15) is 9.59 Å². The van der Waals surface area contributed by atoms with E-state index in [4.69, 9.17) is 30.5 Å². The quantitative estimate of drug-likeness (QED) is 0.365. The third-order valence-electron chi connectivity index (χ3n) is 5.45. The van der Waals surface area contributed by atoms with E-state index in [-0.39, 0.29) is 12.2 Å². The van der Waals surface area contributed by atoms with Crippen molar-refractivity contribution in [3.8, 4) is 11.5 Å². The zero-order chi connectivity index (χ0) is 21.8. The number of hydrogen-bond acceptors (Lipinski definition) is 6. The summed E-state index contributed by atoms with van der Waals surface area (Å²) in [6, 6.07) is 12.5. The summed E-state index contributed by atoms with van der Waals surface area (Å²) in [4.78, 5) is 25.1. The lowest BCUT2D eigenvalue weighted by atomic mass is 9.93. The van der Waals surface area contributed by atoms with Gasteiger partial charge in [0.2, 0.25) is 0 Å². The van der Waals surface area contributed by atoms with Gasteiger partial charge in [-0.25, -0.2) is 9.59 Å². The van der Waals surface area contributed by atoms with E-state index in [1.165, 1.54) is 13.2 Å². The molecule has 0 bridgehead atoms. The van der Waals surface area contributed by atoms with Crippen molar-refractivity contribution in [1.29, 1.82) is 0 Å². The predicted molar refractivity (Wildman–Crippen MR) is 115 cm³/mol. The number of ether oxygens (including phenoxy) is 4. The highest BCUT2D eigenvalue weighted by molar-refractivity contribution is 6.31. The predicted octanol–water partition coefficient (Wildman–Crippen LogP) is 5.07. The second-order valence-corrected chi connectivity index (χ2v) is 8.01. The van der Waals surface area contributed by atoms with Gasteiger partial charge in [0.1, 0.15) is 12.2 Å². The minimum Gasteiger partial charge on any atom is -0.493 e. The van der Waals surface area contributed by atoms with Crippen molar-refractivity contribution >= 4 is 29.6 Å². The van der Waals surface area contributed by atoms with Crippen molar-refractivity contribution in [1.82, 2.24) is 0 Å². The van der Waals surface area contributed by atoms with Gasteiger partial charge in [0.25, 0.3) is 5.79 Å². The van der Waals surface area contributed by atoms with Crippen molar-refractivity contribution < 1.29 is 28.5 Å². The molecule has 2 aromatic carbocycles. The Hall–Kier alpha value is -2.99. The minimum atomic E-state index is -1.10. The molecule has 2 aliphatic rings. The Balaban J connectivity index is 1.51. The summed E-state index contributed by atoms with van der Waals surface area (Å²) in [5.74, 6) is -1.44. The molecule has 1 saturated carbocycles. The molecule has 162 valence electrons. The smallest absolute Gasteiger partial charge is 0.348 e. The number of hydrogen-bond donors (Lipinski definition) is 0. The largest absolute Gasteiger partial charge is 0.493 e. The normalized spacial score (nSPS) is 17.7. The van der Waals surface area contributed by atoms with Gasteiger partial charge in [-0.15, -0.1) is 0 Å². The molecule has 0 radical (unpaired) electrons. The van der Waals surface area contributed by atoms with Crippen LogP contribution in [-0.2, 0) is 25.7 Å². The maximum atomic E-state index is 12.5. The Morgan fingerprint density at radius 2 is 1.71 bits per heavy atom. The van der Waals surface area contributed by atoms with Crippen LogP contribution in [0.5, 0.6) is 11.5 Å². The van der Waals surface area contributed by atoms with Crippen LogP contribution in [0.3, 0.4) is 0 Å². The van der Waals surface area contributed by atoms with Gasteiger partial charge in [-0.2, -0.15) is 0 Å². The van der Waals surface area contributed by atoms with E-state index in [0.29, 0.717) is 34.9 Å². The second-order valence-electron chi connectivity index (χ2n) is 7.60. The molecule has 1 saturated heterocycles. The molecule has 1 spiro atoms. The molecule has 0 atom stereocenters. The Morgan fingerprint density at radius 1 is 1.00 bits per heavy atom. The van der Waals surface area contributed by atoms with Crippen LogP contribution in [0.2, 0.25) is 5.02 Å². The number of rotatable bonds is 5. The van der Waals surface area contributed by atoms with Crippen LogP contribution in [0.4, 0.5) is 0 Å². The fourth-order valence-corrected chi connectivity index (χ4v) is 3.99. The first kappa shape index (κ1) is 21.2. The fraction of sp³-hybridized carbons (Fsp3) is 0.333. The highest BCUT2D eigenvalue weighted by atomic mass is 35.5. The Kier molecular flexibility index (Phi) is 6.18. The topological polar surface area (TPSA) is 71.1 Å². The fourth-order valence-electron chi connectivity index (χ4n) is 3.80. The van der Waals surface area contributed by atoms with Crippen molar-refractivity contribution in [3.05, 3.63) is 64.2 Å². The van der Waals surface area contributed by atoms with Crippen molar-refractivity contribution in [2.75, 3.05) is 7.11 Å². The molecule has 6 nitrogen and oxygen atoms in total. The standard InChI is InChI=1S/C24H23ClO6/c1-28-21-14-16(9-10-20(21)29-15-17-7-3-4-8-19(17)25)13-18-22(26)30-24(31-23(18)27)11-5-2-6-12-24/h3-4,7-10,13-14H,2,5-6,11-12,15H2,1H3. The van der Waals surface area contributed by atoms with Crippen LogP contribution >= 0.6 is 11.6 Å². The van der Waals surface area contributed by atoms with Crippen LogP contribution < -0.4 is 9.47 Å². The lowest BCUT2D eigenvalue weighted by molar-refractivity contribution is -0.244. The van der Waals surface area contributed by atoms with Gasteiger partial charge in [-0.3, -0.25) is 0 Å². The molecule has 1 aliphatic heterocycles. The zero-order valence-electron chi connectivity index (χ0n) is 17.2. The summed E-state index contributed by atoms with van der Waals surface area (Å²) in [5.41, 5.74) is 1.30. The molecule has 2 aromatic rings. The number of esters is 2. The van der Waals surface area contributed by atoms with E-state index in [1.807, 2.05) is 18.2 Å². The number of halogens is 1. The first-order valence-corrected chi connectivity index (χ1v) is 10.6. The minimum absolute atomic E-state index is 0.136. The molecule has 1 heterocycles. The molecule has 1 aliphatic carbocycles. The zero-order valence-corrected chi connectivity index (χ0v) is 17.9. The van der Waals surface area contributed by atoms with Gasteiger partial charge < -0.3 is 18.9 Å². The van der Waals surface area contributed by atoms with Crippen LogP contribution in [0.25, 0.3) is 6.08 Å². The van der Waals surface area contributed by atoms with Crippen LogP contribution in [0.1, 0.15) is 43.2 Å². The van der Waals surface area contributed by atoms with Crippen molar-refractivity contribution in [2.45, 2.75) is 44.5 Å². The van der Waals surface area contributed by atoms with Gasteiger partial charge in [-0.05, 0) is 42.7 Å². The lowest BCUT2D eigenvalue weighted by Gasteiger charge is -2.38. The SMILES string of the molecule is COc1cc(C=C2C(=O)OC3(CCCCC3)OC2=O)ccc1OCc1ccccc1Cl. The summed E-state index contributed by atoms with van der Waals surface area (Å²) in [6.45, 7) is 0.275. The van der Waals surface area contributed by atoms with E-state index >= 15 is 0 Å². The molecule has 31 heavy (non-hydrogen) atoms. The highest BCUT2D eigenvalue weighted by Crippen LogP contribution is 2.38. The Morgan fingerprint density at radius 3 is 2.39 bits per heavy atom. The Labute approximate surface area is 185 Å². The molecule has 0 aromatic heterocycles. The number of carbonyl (C=O) groups is 2. The maximum absolute atomic E-state index is 12.5. The van der Waals surface area contributed by atoms with Crippen LogP contribution in [-0.4, -0.2) is 24.8 Å². The summed E-state index contributed by atoms with van der Waals surface area (Å²) in [7, 11) is 1.52. The molecular weight excluding hydrogens is 420 g/mol. The third kappa shape index (κ3) is 4.69. The molecule has 4 rings (SSSR count). The van der Waals surface area contributed by atoms with E-state index in [1.54, 1.807) is 24.3 Å². The number of benzene rings is 2. The number of methoxy groups -OCH3 is 1. The van der Waals surface area contributed by atoms with Crippen LogP contribution in [0, 0.1) is 0 Å². The summed E-state index contributed by atoms with van der Waals surface area (Å²) in [6.07, 6.45) is 5.32. The summed E-state index contributed by atoms with van der Waals surface area (Å²) < 4.78 is 22.3. The van der Waals surface area contributed by atoms with Gasteiger partial charge in [-0.1, -0.05) is 42.3 Å². The summed E-state index contributed by atoms with van der Waals surface area (Å²) >= 11 is 6.17. The summed E-state index contributed by atoms with van der Waals surface area (Å²) in [5, 5.41) is 0.618.